The number of sulfonamides is 1. The highest BCUT2D eigenvalue weighted by atomic mass is 32.2. The van der Waals surface area contributed by atoms with Crippen LogP contribution < -0.4 is 4.72 Å². The van der Waals surface area contributed by atoms with Crippen LogP contribution in [0.5, 0.6) is 0 Å². The van der Waals surface area contributed by atoms with Gasteiger partial charge in [-0.15, -0.1) is 0 Å². The summed E-state index contributed by atoms with van der Waals surface area (Å²) in [4.78, 5) is 16.3. The van der Waals surface area contributed by atoms with E-state index in [1.54, 1.807) is 0 Å². The molecule has 42 heavy (non-hydrogen) atoms. The van der Waals surface area contributed by atoms with Crippen molar-refractivity contribution in [2.24, 2.45) is 5.92 Å². The van der Waals surface area contributed by atoms with Crippen molar-refractivity contribution < 1.29 is 39.6 Å². The molecule has 0 bridgehead atoms. The van der Waals surface area contributed by atoms with Crippen LogP contribution in [0, 0.1) is 5.92 Å². The standard InChI is InChI=1S/C29H33F6N3O3S/c30-28(31,32)21-7-5-8-22(17-21)42(40,41)36-26(29(33,34)35)24-12-15-38(27(24)39)25-9-4-6-20-16-19(10-11-23(20)25)18-37-13-2-1-3-14-37/h5,7-8,10-11,16-17,24-26,36H,1-4,6,9,12-15,18H2/t24-,25-,26-/m1/s1. The van der Waals surface area contributed by atoms with Gasteiger partial charge in [-0.1, -0.05) is 30.7 Å². The Morgan fingerprint density at radius 1 is 0.905 bits per heavy atom. The van der Waals surface area contributed by atoms with Crippen molar-refractivity contribution in [2.75, 3.05) is 19.6 Å². The number of fused-ring (bicyclic) bond motifs is 1. The number of amides is 1. The topological polar surface area (TPSA) is 69.7 Å². The smallest absolute Gasteiger partial charge is 0.335 e. The molecule has 2 aromatic rings. The Morgan fingerprint density at radius 2 is 1.64 bits per heavy atom. The number of carbonyl (C=O) groups excluding carboxylic acids is 1. The van der Waals surface area contributed by atoms with Gasteiger partial charge in [0.05, 0.1) is 22.4 Å². The Hall–Kier alpha value is -2.64. The van der Waals surface area contributed by atoms with Gasteiger partial charge in [-0.2, -0.15) is 31.1 Å². The van der Waals surface area contributed by atoms with E-state index in [1.807, 2.05) is 12.1 Å². The summed E-state index contributed by atoms with van der Waals surface area (Å²) < 4.78 is 109. The van der Waals surface area contributed by atoms with Gasteiger partial charge in [0.2, 0.25) is 15.9 Å². The number of hydrogen-bond donors (Lipinski definition) is 1. The Balaban J connectivity index is 1.35. The number of halogens is 6. The zero-order valence-corrected chi connectivity index (χ0v) is 23.7. The zero-order chi connectivity index (χ0) is 30.3. The number of benzene rings is 2. The highest BCUT2D eigenvalue weighted by Crippen LogP contribution is 2.41. The molecule has 6 nitrogen and oxygen atoms in total. The Kier molecular flexibility index (Phi) is 8.66. The van der Waals surface area contributed by atoms with Gasteiger partial charge in [-0.05, 0) is 86.5 Å². The summed E-state index contributed by atoms with van der Waals surface area (Å²) in [6.45, 7) is 2.92. The van der Waals surface area contributed by atoms with Crippen LogP contribution in [0.3, 0.4) is 0 Å². The number of nitrogens with one attached hydrogen (secondary N) is 1. The van der Waals surface area contributed by atoms with Gasteiger partial charge in [-0.25, -0.2) is 8.42 Å². The molecule has 2 aromatic carbocycles. The van der Waals surface area contributed by atoms with Gasteiger partial charge >= 0.3 is 12.4 Å². The molecule has 2 aliphatic heterocycles. The number of nitrogens with zero attached hydrogens (tertiary/aromatic N) is 2. The predicted molar refractivity (Wildman–Crippen MR) is 143 cm³/mol. The number of aryl methyl sites for hydroxylation is 1. The zero-order valence-electron chi connectivity index (χ0n) is 22.8. The van der Waals surface area contributed by atoms with Crippen LogP contribution in [0.25, 0.3) is 0 Å². The molecule has 0 aromatic heterocycles. The number of carbonyl (C=O) groups is 1. The highest BCUT2D eigenvalue weighted by molar-refractivity contribution is 7.89. The second kappa shape index (κ2) is 11.8. The first kappa shape index (κ1) is 30.8. The van der Waals surface area contributed by atoms with E-state index in [9.17, 15) is 39.6 Å². The van der Waals surface area contributed by atoms with E-state index >= 15 is 0 Å². The summed E-state index contributed by atoms with van der Waals surface area (Å²) >= 11 is 0. The van der Waals surface area contributed by atoms with E-state index in [0.717, 1.165) is 61.3 Å². The molecular formula is C29H33F6N3O3S. The lowest BCUT2D eigenvalue weighted by Crippen LogP contribution is -2.52. The predicted octanol–water partition coefficient (Wildman–Crippen LogP) is 5.83. The lowest BCUT2D eigenvalue weighted by atomic mass is 9.85. The van der Waals surface area contributed by atoms with Crippen molar-refractivity contribution >= 4 is 15.9 Å². The largest absolute Gasteiger partial charge is 0.416 e. The Morgan fingerprint density at radius 3 is 2.33 bits per heavy atom. The summed E-state index contributed by atoms with van der Waals surface area (Å²) in [5.74, 6) is -2.56. The van der Waals surface area contributed by atoms with Gasteiger partial charge in [0.15, 0.2) is 0 Å². The molecule has 1 amide bonds. The summed E-state index contributed by atoms with van der Waals surface area (Å²) in [7, 11) is -5.04. The number of piperidine rings is 1. The first-order chi connectivity index (χ1) is 19.7. The lowest BCUT2D eigenvalue weighted by molar-refractivity contribution is -0.169. The summed E-state index contributed by atoms with van der Waals surface area (Å²) in [6, 6.07) is 5.35. The van der Waals surface area contributed by atoms with Crippen LogP contribution in [0.1, 0.15) is 66.8 Å². The van der Waals surface area contributed by atoms with Crippen LogP contribution in [0.4, 0.5) is 26.3 Å². The van der Waals surface area contributed by atoms with Crippen LogP contribution in [-0.4, -0.2) is 56.0 Å². The molecule has 0 spiro atoms. The first-order valence-corrected chi connectivity index (χ1v) is 15.6. The van der Waals surface area contributed by atoms with Crippen LogP contribution in [-0.2, 0) is 34.0 Å². The molecule has 230 valence electrons. The second-order valence-electron chi connectivity index (χ2n) is 11.4. The maximum Gasteiger partial charge on any atom is 0.416 e. The molecule has 1 N–H and O–H groups in total. The maximum absolute atomic E-state index is 14.2. The van der Waals surface area contributed by atoms with Gasteiger partial charge in [0, 0.05) is 13.1 Å². The SMILES string of the molecule is O=C1[C@@H]([C@@H](NS(=O)(=O)c2cccc(C(F)(F)F)c2)C(F)(F)F)CCN1[C@@H]1CCCc2cc(CN3CCCCC3)ccc21. The molecule has 13 heteroatoms. The third-order valence-electron chi connectivity index (χ3n) is 8.51. The fraction of sp³-hybridized carbons (Fsp3) is 0.552. The summed E-state index contributed by atoms with van der Waals surface area (Å²) in [5, 5.41) is 0. The van der Waals surface area contributed by atoms with Gasteiger partial charge in [0.1, 0.15) is 6.04 Å². The summed E-state index contributed by atoms with van der Waals surface area (Å²) in [6.07, 6.45) is -4.59. The lowest BCUT2D eigenvalue weighted by Gasteiger charge is -2.35. The van der Waals surface area contributed by atoms with E-state index in [1.165, 1.54) is 28.9 Å². The molecule has 0 radical (unpaired) electrons. The van der Waals surface area contributed by atoms with Crippen molar-refractivity contribution in [1.82, 2.24) is 14.5 Å². The quantitative estimate of drug-likeness (QED) is 0.398. The van der Waals surface area contributed by atoms with E-state index in [2.05, 4.69) is 11.0 Å². The monoisotopic (exact) mass is 617 g/mol. The molecular weight excluding hydrogens is 584 g/mol. The molecule has 3 atom stereocenters. The fourth-order valence-electron chi connectivity index (χ4n) is 6.44. The van der Waals surface area contributed by atoms with Gasteiger partial charge in [-0.3, -0.25) is 9.69 Å². The average Bonchev–Trinajstić information content (AvgIpc) is 3.31. The first-order valence-electron chi connectivity index (χ1n) is 14.1. The minimum Gasteiger partial charge on any atom is -0.335 e. The van der Waals surface area contributed by atoms with Gasteiger partial charge in [0.25, 0.3) is 0 Å². The normalized spacial score (nSPS) is 23.2. The Bertz CT molecular complexity index is 1410. The third kappa shape index (κ3) is 6.62. The number of hydrogen-bond acceptors (Lipinski definition) is 4. The van der Waals surface area contributed by atoms with E-state index in [-0.39, 0.29) is 19.0 Å². The molecule has 1 aliphatic carbocycles. The van der Waals surface area contributed by atoms with Crippen molar-refractivity contribution in [3.8, 4) is 0 Å². The molecule has 2 fully saturated rings. The van der Waals surface area contributed by atoms with Crippen molar-refractivity contribution in [3.05, 3.63) is 64.7 Å². The number of alkyl halides is 6. The van der Waals surface area contributed by atoms with Crippen molar-refractivity contribution in [3.63, 3.8) is 0 Å². The Labute approximate surface area is 241 Å². The molecule has 5 rings (SSSR count). The molecule has 0 saturated carbocycles. The van der Waals surface area contributed by atoms with Crippen LogP contribution >= 0.6 is 0 Å². The molecule has 0 unspecified atom stereocenters. The number of likely N-dealkylation sites (tertiary alicyclic amines) is 2. The van der Waals surface area contributed by atoms with E-state index in [4.69, 9.17) is 0 Å². The molecule has 2 saturated heterocycles. The highest BCUT2D eigenvalue weighted by Gasteiger charge is 2.53. The number of rotatable bonds is 7. The molecule has 2 heterocycles. The van der Waals surface area contributed by atoms with Gasteiger partial charge < -0.3 is 4.90 Å². The minimum absolute atomic E-state index is 0.0149. The van der Waals surface area contributed by atoms with E-state index < -0.39 is 56.7 Å². The van der Waals surface area contributed by atoms with Crippen molar-refractivity contribution in [2.45, 2.75) is 80.8 Å². The third-order valence-corrected chi connectivity index (χ3v) is 9.95. The van der Waals surface area contributed by atoms with Crippen molar-refractivity contribution in [1.29, 1.82) is 0 Å². The maximum atomic E-state index is 14.2. The van der Waals surface area contributed by atoms with Crippen LogP contribution in [0.15, 0.2) is 47.4 Å². The average molecular weight is 618 g/mol. The molecule has 3 aliphatic rings. The second-order valence-corrected chi connectivity index (χ2v) is 13.1. The van der Waals surface area contributed by atoms with Crippen LogP contribution in [0.2, 0.25) is 0 Å². The van der Waals surface area contributed by atoms with E-state index in [0.29, 0.717) is 12.5 Å². The fourth-order valence-corrected chi connectivity index (χ4v) is 7.74. The summed E-state index contributed by atoms with van der Waals surface area (Å²) in [5.41, 5.74) is 1.80. The minimum atomic E-state index is -5.15.